The van der Waals surface area contributed by atoms with Crippen molar-refractivity contribution in [1.29, 1.82) is 0 Å². The van der Waals surface area contributed by atoms with Crippen LogP contribution in [-0.4, -0.2) is 0 Å². The lowest BCUT2D eigenvalue weighted by Gasteiger charge is -1.97. The van der Waals surface area contributed by atoms with Gasteiger partial charge in [-0.1, -0.05) is 24.3 Å². The molecule has 0 aliphatic heterocycles. The Morgan fingerprint density at radius 2 is 2.20 bits per heavy atom. The molecule has 51 valence electrons. The predicted octanol–water partition coefficient (Wildman–Crippen LogP) is 2.94. The average Bonchev–Trinajstić information content (AvgIpc) is 1.94. The molecule has 1 aromatic carbocycles. The van der Waals surface area contributed by atoms with E-state index in [1.54, 1.807) is 0 Å². The Kier molecular flexibility index (Phi) is 2.49. The SMILES string of the molecule is C=[C]c1cc(C)ccc1I. The Morgan fingerprint density at radius 3 is 2.70 bits per heavy atom. The Labute approximate surface area is 75.1 Å². The molecule has 0 saturated carbocycles. The Hall–Kier alpha value is -0.310. The van der Waals surface area contributed by atoms with Gasteiger partial charge in [0.2, 0.25) is 0 Å². The monoisotopic (exact) mass is 243 g/mol. The lowest BCUT2D eigenvalue weighted by atomic mass is 10.1. The summed E-state index contributed by atoms with van der Waals surface area (Å²) in [5.74, 6) is 0. The molecule has 0 atom stereocenters. The summed E-state index contributed by atoms with van der Waals surface area (Å²) in [5.41, 5.74) is 2.35. The normalized spacial score (nSPS) is 9.40. The maximum Gasteiger partial charge on any atom is 0.0208 e. The van der Waals surface area contributed by atoms with Gasteiger partial charge in [0.05, 0.1) is 0 Å². The fraction of sp³-hybridized carbons (Fsp3) is 0.111. The number of hydrogen-bond donors (Lipinski definition) is 0. The minimum Gasteiger partial charge on any atom is -0.0905 e. The molecule has 0 aliphatic carbocycles. The first-order valence-electron chi connectivity index (χ1n) is 3.03. The highest BCUT2D eigenvalue weighted by Crippen LogP contribution is 2.13. The van der Waals surface area contributed by atoms with E-state index in [-0.39, 0.29) is 0 Å². The van der Waals surface area contributed by atoms with E-state index in [0.29, 0.717) is 0 Å². The van der Waals surface area contributed by atoms with Crippen molar-refractivity contribution >= 4 is 22.6 Å². The molecule has 0 saturated heterocycles. The van der Waals surface area contributed by atoms with E-state index < -0.39 is 0 Å². The van der Waals surface area contributed by atoms with Crippen LogP contribution in [0.15, 0.2) is 24.8 Å². The maximum absolute atomic E-state index is 3.60. The summed E-state index contributed by atoms with van der Waals surface area (Å²) in [5, 5.41) is 0. The fourth-order valence-electron chi connectivity index (χ4n) is 0.775. The fourth-order valence-corrected chi connectivity index (χ4v) is 1.30. The second-order valence-electron chi connectivity index (χ2n) is 2.16. The van der Waals surface area contributed by atoms with Crippen molar-refractivity contribution in [3.05, 3.63) is 45.6 Å². The van der Waals surface area contributed by atoms with Gasteiger partial charge in [-0.25, -0.2) is 0 Å². The molecule has 1 aromatic rings. The third-order valence-corrected chi connectivity index (χ3v) is 2.25. The lowest BCUT2D eigenvalue weighted by Crippen LogP contribution is -1.81. The summed E-state index contributed by atoms with van der Waals surface area (Å²) in [6, 6.07) is 6.24. The van der Waals surface area contributed by atoms with Gasteiger partial charge in [0.15, 0.2) is 0 Å². The van der Waals surface area contributed by atoms with E-state index in [1.807, 2.05) is 0 Å². The summed E-state index contributed by atoms with van der Waals surface area (Å²) in [7, 11) is 0. The number of aryl methyl sites for hydroxylation is 1. The van der Waals surface area contributed by atoms with Gasteiger partial charge in [0.25, 0.3) is 0 Å². The molecule has 10 heavy (non-hydrogen) atoms. The zero-order valence-corrected chi connectivity index (χ0v) is 7.97. The zero-order valence-electron chi connectivity index (χ0n) is 5.82. The average molecular weight is 243 g/mol. The standard InChI is InChI=1S/C9H8I/c1-3-8-6-7(2)4-5-9(8)10/h4-6H,1H2,2H3. The van der Waals surface area contributed by atoms with Crippen molar-refractivity contribution in [2.45, 2.75) is 6.92 Å². The van der Waals surface area contributed by atoms with Gasteiger partial charge in [-0.15, -0.1) is 0 Å². The highest BCUT2D eigenvalue weighted by atomic mass is 127. The molecule has 0 amide bonds. The number of halogens is 1. The third kappa shape index (κ3) is 1.59. The molecule has 0 N–H and O–H groups in total. The van der Waals surface area contributed by atoms with Crippen LogP contribution < -0.4 is 0 Å². The maximum atomic E-state index is 3.60. The lowest BCUT2D eigenvalue weighted by molar-refractivity contribution is 1.41. The molecule has 1 rings (SSSR count). The number of benzene rings is 1. The molecule has 0 nitrogen and oxygen atoms in total. The third-order valence-electron chi connectivity index (χ3n) is 1.31. The second-order valence-corrected chi connectivity index (χ2v) is 3.32. The Bertz CT molecular complexity index is 251. The molecular formula is C9H8I. The van der Waals surface area contributed by atoms with Crippen LogP contribution in [0.3, 0.4) is 0 Å². The van der Waals surface area contributed by atoms with Gasteiger partial charge in [0.1, 0.15) is 0 Å². The largest absolute Gasteiger partial charge is 0.0905 e. The van der Waals surface area contributed by atoms with Crippen LogP contribution in [-0.2, 0) is 0 Å². The molecule has 0 aromatic heterocycles. The molecule has 0 aliphatic rings. The van der Waals surface area contributed by atoms with Crippen molar-refractivity contribution in [3.63, 3.8) is 0 Å². The molecule has 0 heterocycles. The van der Waals surface area contributed by atoms with Crippen LogP contribution in [0.1, 0.15) is 11.1 Å². The smallest absolute Gasteiger partial charge is 0.0208 e. The van der Waals surface area contributed by atoms with Crippen LogP contribution in [0.5, 0.6) is 0 Å². The summed E-state index contributed by atoms with van der Waals surface area (Å²) >= 11 is 2.27. The van der Waals surface area contributed by atoms with E-state index in [0.717, 1.165) is 5.56 Å². The van der Waals surface area contributed by atoms with Crippen molar-refractivity contribution < 1.29 is 0 Å². The number of hydrogen-bond acceptors (Lipinski definition) is 0. The van der Waals surface area contributed by atoms with Crippen molar-refractivity contribution in [2.75, 3.05) is 0 Å². The van der Waals surface area contributed by atoms with Crippen LogP contribution >= 0.6 is 22.6 Å². The quantitative estimate of drug-likeness (QED) is 0.665. The van der Waals surface area contributed by atoms with E-state index in [2.05, 4.69) is 60.4 Å². The van der Waals surface area contributed by atoms with Crippen LogP contribution in [0.2, 0.25) is 0 Å². The first-order chi connectivity index (χ1) is 4.74. The zero-order chi connectivity index (χ0) is 7.56. The second kappa shape index (κ2) is 3.19. The van der Waals surface area contributed by atoms with E-state index in [1.165, 1.54) is 9.13 Å². The molecule has 0 unspecified atom stereocenters. The van der Waals surface area contributed by atoms with Gasteiger partial charge in [-0.2, -0.15) is 0 Å². The summed E-state index contributed by atoms with van der Waals surface area (Å²) in [6.07, 6.45) is 2.88. The first kappa shape index (κ1) is 7.79. The molecule has 1 heteroatoms. The van der Waals surface area contributed by atoms with Gasteiger partial charge >= 0.3 is 0 Å². The summed E-state index contributed by atoms with van der Waals surface area (Å²) in [4.78, 5) is 0. The highest BCUT2D eigenvalue weighted by Gasteiger charge is 1.93. The van der Waals surface area contributed by atoms with Crippen molar-refractivity contribution in [3.8, 4) is 0 Å². The topological polar surface area (TPSA) is 0 Å². The van der Waals surface area contributed by atoms with Crippen LogP contribution in [0, 0.1) is 16.6 Å². The molecule has 1 radical (unpaired) electrons. The first-order valence-corrected chi connectivity index (χ1v) is 4.11. The van der Waals surface area contributed by atoms with Crippen molar-refractivity contribution in [2.24, 2.45) is 0 Å². The van der Waals surface area contributed by atoms with E-state index >= 15 is 0 Å². The summed E-state index contributed by atoms with van der Waals surface area (Å²) < 4.78 is 1.21. The van der Waals surface area contributed by atoms with Crippen molar-refractivity contribution in [1.82, 2.24) is 0 Å². The van der Waals surface area contributed by atoms with Crippen LogP contribution in [0.4, 0.5) is 0 Å². The van der Waals surface area contributed by atoms with E-state index in [9.17, 15) is 0 Å². The van der Waals surface area contributed by atoms with Gasteiger partial charge in [-0.05, 0) is 47.2 Å². The van der Waals surface area contributed by atoms with Gasteiger partial charge in [0, 0.05) is 3.57 Å². The summed E-state index contributed by atoms with van der Waals surface area (Å²) in [6.45, 7) is 5.67. The van der Waals surface area contributed by atoms with Crippen LogP contribution in [0.25, 0.3) is 0 Å². The molecule has 0 bridgehead atoms. The minimum absolute atomic E-state index is 1.10. The van der Waals surface area contributed by atoms with E-state index in [4.69, 9.17) is 0 Å². The Morgan fingerprint density at radius 1 is 1.50 bits per heavy atom. The highest BCUT2D eigenvalue weighted by molar-refractivity contribution is 14.1. The number of rotatable bonds is 1. The Balaban J connectivity index is 3.21. The van der Waals surface area contributed by atoms with Gasteiger partial charge in [-0.3, -0.25) is 0 Å². The molecule has 0 fully saturated rings. The van der Waals surface area contributed by atoms with Gasteiger partial charge < -0.3 is 0 Å². The molecule has 0 spiro atoms. The predicted molar refractivity (Wildman–Crippen MR) is 51.9 cm³/mol. The molecular weight excluding hydrogens is 235 g/mol. The minimum atomic E-state index is 1.10.